The molecule has 2 aromatic carbocycles. The molecule has 4 heteroatoms. The molecule has 0 spiro atoms. The Morgan fingerprint density at radius 1 is 1.12 bits per heavy atom. The molecule has 0 unspecified atom stereocenters. The van der Waals surface area contributed by atoms with Crippen LogP contribution in [0, 0.1) is 0 Å². The van der Waals surface area contributed by atoms with Crippen molar-refractivity contribution in [2.24, 2.45) is 0 Å². The second-order valence-electron chi connectivity index (χ2n) is 6.35. The summed E-state index contributed by atoms with van der Waals surface area (Å²) in [6.07, 6.45) is 3.20. The van der Waals surface area contributed by atoms with E-state index in [1.54, 1.807) is 0 Å². The standard InChI is InChI=1S/C20H23N3O/c1-23(2)14-15-6-5-7-17(12-15)22-20(24)11-10-16-13-21-19-9-4-3-8-18(16)19/h3-9,12-13,21H,10-11,14H2,1-2H3,(H,22,24). The Morgan fingerprint density at radius 3 is 2.79 bits per heavy atom. The predicted molar refractivity (Wildman–Crippen MR) is 99.1 cm³/mol. The topological polar surface area (TPSA) is 48.1 Å². The molecule has 0 bridgehead atoms. The van der Waals surface area contributed by atoms with Crippen molar-refractivity contribution in [3.05, 3.63) is 65.9 Å². The molecule has 0 aliphatic rings. The number of aromatic amines is 1. The van der Waals surface area contributed by atoms with Crippen molar-refractivity contribution in [2.45, 2.75) is 19.4 Å². The van der Waals surface area contributed by atoms with Crippen LogP contribution in [0.2, 0.25) is 0 Å². The van der Waals surface area contributed by atoms with E-state index in [1.165, 1.54) is 16.5 Å². The second-order valence-corrected chi connectivity index (χ2v) is 6.35. The molecule has 24 heavy (non-hydrogen) atoms. The predicted octanol–water partition coefficient (Wildman–Crippen LogP) is 3.80. The molecule has 0 radical (unpaired) electrons. The minimum absolute atomic E-state index is 0.0438. The smallest absolute Gasteiger partial charge is 0.224 e. The summed E-state index contributed by atoms with van der Waals surface area (Å²) in [7, 11) is 4.07. The van der Waals surface area contributed by atoms with Crippen molar-refractivity contribution in [1.29, 1.82) is 0 Å². The van der Waals surface area contributed by atoms with Crippen LogP contribution in [-0.2, 0) is 17.8 Å². The summed E-state index contributed by atoms with van der Waals surface area (Å²) >= 11 is 0. The minimum atomic E-state index is 0.0438. The van der Waals surface area contributed by atoms with Gasteiger partial charge in [-0.1, -0.05) is 30.3 Å². The van der Waals surface area contributed by atoms with Crippen molar-refractivity contribution >= 4 is 22.5 Å². The number of carbonyl (C=O) groups is 1. The fourth-order valence-corrected chi connectivity index (χ4v) is 2.92. The highest BCUT2D eigenvalue weighted by Crippen LogP contribution is 2.19. The van der Waals surface area contributed by atoms with Gasteiger partial charge in [-0.3, -0.25) is 4.79 Å². The number of H-pyrrole nitrogens is 1. The fourth-order valence-electron chi connectivity index (χ4n) is 2.92. The van der Waals surface area contributed by atoms with E-state index in [9.17, 15) is 4.79 Å². The SMILES string of the molecule is CN(C)Cc1cccc(NC(=O)CCc2c[nH]c3ccccc23)c1. The molecule has 2 N–H and O–H groups in total. The molecule has 0 aliphatic heterocycles. The third-order valence-corrected chi connectivity index (χ3v) is 4.01. The Bertz CT molecular complexity index is 836. The van der Waals surface area contributed by atoms with Gasteiger partial charge in [0.1, 0.15) is 0 Å². The molecule has 0 saturated heterocycles. The van der Waals surface area contributed by atoms with E-state index in [1.807, 2.05) is 50.6 Å². The zero-order chi connectivity index (χ0) is 16.9. The summed E-state index contributed by atoms with van der Waals surface area (Å²) in [6.45, 7) is 0.860. The number of hydrogen-bond donors (Lipinski definition) is 2. The van der Waals surface area contributed by atoms with E-state index < -0.39 is 0 Å². The van der Waals surface area contributed by atoms with Gasteiger partial charge in [-0.2, -0.15) is 0 Å². The van der Waals surface area contributed by atoms with E-state index >= 15 is 0 Å². The number of nitrogens with zero attached hydrogens (tertiary/aromatic N) is 1. The number of anilines is 1. The average Bonchev–Trinajstić information content (AvgIpc) is 2.96. The molecule has 1 aromatic heterocycles. The van der Waals surface area contributed by atoms with Gasteiger partial charge in [0.05, 0.1) is 0 Å². The van der Waals surface area contributed by atoms with Gasteiger partial charge in [0.2, 0.25) is 5.91 Å². The zero-order valence-corrected chi connectivity index (χ0v) is 14.2. The molecule has 3 rings (SSSR count). The monoisotopic (exact) mass is 321 g/mol. The largest absolute Gasteiger partial charge is 0.361 e. The average molecular weight is 321 g/mol. The molecule has 0 saturated carbocycles. The molecule has 0 aliphatic carbocycles. The van der Waals surface area contributed by atoms with Crippen molar-refractivity contribution in [3.8, 4) is 0 Å². The summed E-state index contributed by atoms with van der Waals surface area (Å²) in [5.74, 6) is 0.0438. The Morgan fingerprint density at radius 2 is 1.96 bits per heavy atom. The van der Waals surface area contributed by atoms with Crippen LogP contribution in [-0.4, -0.2) is 29.9 Å². The van der Waals surface area contributed by atoms with Crippen molar-refractivity contribution in [2.75, 3.05) is 19.4 Å². The van der Waals surface area contributed by atoms with E-state index in [0.29, 0.717) is 6.42 Å². The number of aromatic nitrogens is 1. The first-order chi connectivity index (χ1) is 11.6. The third kappa shape index (κ3) is 4.03. The maximum Gasteiger partial charge on any atom is 0.224 e. The van der Waals surface area contributed by atoms with Crippen LogP contribution in [0.5, 0.6) is 0 Å². The fraction of sp³-hybridized carbons (Fsp3) is 0.250. The van der Waals surface area contributed by atoms with Gasteiger partial charge < -0.3 is 15.2 Å². The molecule has 0 fully saturated rings. The number of carbonyl (C=O) groups excluding carboxylic acids is 1. The summed E-state index contributed by atoms with van der Waals surface area (Å²) in [4.78, 5) is 17.6. The third-order valence-electron chi connectivity index (χ3n) is 4.01. The number of aryl methyl sites for hydroxylation is 1. The van der Waals surface area contributed by atoms with Gasteiger partial charge in [0, 0.05) is 35.8 Å². The molecule has 1 heterocycles. The Hall–Kier alpha value is -2.59. The Labute approximate surface area is 142 Å². The Kier molecular flexibility index (Phi) is 4.96. The van der Waals surface area contributed by atoms with Gasteiger partial charge in [-0.05, 0) is 49.8 Å². The number of amides is 1. The van der Waals surface area contributed by atoms with Gasteiger partial charge in [-0.15, -0.1) is 0 Å². The molecule has 0 atom stereocenters. The van der Waals surface area contributed by atoms with E-state index in [4.69, 9.17) is 0 Å². The minimum Gasteiger partial charge on any atom is -0.361 e. The lowest BCUT2D eigenvalue weighted by Gasteiger charge is -2.11. The van der Waals surface area contributed by atoms with Crippen LogP contribution in [0.25, 0.3) is 10.9 Å². The van der Waals surface area contributed by atoms with Gasteiger partial charge in [-0.25, -0.2) is 0 Å². The molecule has 3 aromatic rings. The number of fused-ring (bicyclic) bond motifs is 1. The number of nitrogens with one attached hydrogen (secondary N) is 2. The molecule has 124 valence electrons. The molecular weight excluding hydrogens is 298 g/mol. The van der Waals surface area contributed by atoms with E-state index in [-0.39, 0.29) is 5.91 Å². The van der Waals surface area contributed by atoms with Crippen LogP contribution in [0.3, 0.4) is 0 Å². The lowest BCUT2D eigenvalue weighted by atomic mass is 10.1. The number of hydrogen-bond acceptors (Lipinski definition) is 2. The molecule has 1 amide bonds. The second kappa shape index (κ2) is 7.32. The summed E-state index contributed by atoms with van der Waals surface area (Å²) < 4.78 is 0. The van der Waals surface area contributed by atoms with Gasteiger partial charge in [0.25, 0.3) is 0 Å². The van der Waals surface area contributed by atoms with Crippen LogP contribution in [0.1, 0.15) is 17.5 Å². The van der Waals surface area contributed by atoms with Crippen LogP contribution in [0.4, 0.5) is 5.69 Å². The van der Waals surface area contributed by atoms with E-state index in [0.717, 1.165) is 24.2 Å². The number of para-hydroxylation sites is 1. The Balaban J connectivity index is 1.60. The lowest BCUT2D eigenvalue weighted by molar-refractivity contribution is -0.116. The normalized spacial score (nSPS) is 11.1. The van der Waals surface area contributed by atoms with Crippen molar-refractivity contribution in [1.82, 2.24) is 9.88 Å². The first-order valence-electron chi connectivity index (χ1n) is 8.20. The quantitative estimate of drug-likeness (QED) is 0.725. The first kappa shape index (κ1) is 16.3. The summed E-state index contributed by atoms with van der Waals surface area (Å²) in [5.41, 5.74) is 4.35. The van der Waals surface area contributed by atoms with Crippen molar-refractivity contribution < 1.29 is 4.79 Å². The van der Waals surface area contributed by atoms with Gasteiger partial charge in [0.15, 0.2) is 0 Å². The number of rotatable bonds is 6. The maximum atomic E-state index is 12.2. The maximum absolute atomic E-state index is 12.2. The first-order valence-corrected chi connectivity index (χ1v) is 8.20. The van der Waals surface area contributed by atoms with E-state index in [2.05, 4.69) is 33.4 Å². The highest BCUT2D eigenvalue weighted by molar-refractivity contribution is 5.91. The van der Waals surface area contributed by atoms with Crippen LogP contribution >= 0.6 is 0 Å². The molecular formula is C20H23N3O. The van der Waals surface area contributed by atoms with Crippen LogP contribution < -0.4 is 5.32 Å². The lowest BCUT2D eigenvalue weighted by Crippen LogP contribution is -2.13. The molecule has 4 nitrogen and oxygen atoms in total. The highest BCUT2D eigenvalue weighted by atomic mass is 16.1. The van der Waals surface area contributed by atoms with Crippen LogP contribution in [0.15, 0.2) is 54.7 Å². The summed E-state index contributed by atoms with van der Waals surface area (Å²) in [5, 5.41) is 4.19. The number of benzene rings is 2. The highest BCUT2D eigenvalue weighted by Gasteiger charge is 2.07. The van der Waals surface area contributed by atoms with Gasteiger partial charge >= 0.3 is 0 Å². The zero-order valence-electron chi connectivity index (χ0n) is 14.2. The summed E-state index contributed by atoms with van der Waals surface area (Å²) in [6, 6.07) is 16.2. The van der Waals surface area contributed by atoms with Crippen molar-refractivity contribution in [3.63, 3.8) is 0 Å².